The van der Waals surface area contributed by atoms with Gasteiger partial charge in [-0.2, -0.15) is 0 Å². The van der Waals surface area contributed by atoms with Gasteiger partial charge in [-0.05, 0) is 44.3 Å². The number of piperidine rings is 2. The van der Waals surface area contributed by atoms with Crippen molar-refractivity contribution in [3.05, 3.63) is 34.2 Å². The molecule has 3 aliphatic heterocycles. The number of aromatic nitrogens is 1. The summed E-state index contributed by atoms with van der Waals surface area (Å²) in [7, 11) is 0. The van der Waals surface area contributed by atoms with Gasteiger partial charge in [0.05, 0.1) is 0 Å². The molecule has 5 heteroatoms. The molecule has 0 saturated carbocycles. The average Bonchev–Trinajstić information content (AvgIpc) is 2.56. The summed E-state index contributed by atoms with van der Waals surface area (Å²) in [6, 6.07) is 5.55. The third-order valence-electron chi connectivity index (χ3n) is 5.48. The molecule has 0 unspecified atom stereocenters. The molecule has 0 aromatic carbocycles. The first-order valence-electron chi connectivity index (χ1n) is 8.41. The van der Waals surface area contributed by atoms with Crippen LogP contribution in [0.1, 0.15) is 30.9 Å². The van der Waals surface area contributed by atoms with Gasteiger partial charge < -0.3 is 14.8 Å². The van der Waals surface area contributed by atoms with E-state index in [0.717, 1.165) is 57.7 Å². The van der Waals surface area contributed by atoms with Gasteiger partial charge >= 0.3 is 0 Å². The highest BCUT2D eigenvalue weighted by molar-refractivity contribution is 5.79. The second kappa shape index (κ2) is 5.54. The van der Waals surface area contributed by atoms with Gasteiger partial charge in [-0.25, -0.2) is 0 Å². The average molecular weight is 301 g/mol. The maximum Gasteiger partial charge on any atom is 0.250 e. The van der Waals surface area contributed by atoms with Crippen molar-refractivity contribution < 1.29 is 4.79 Å². The second-order valence-corrected chi connectivity index (χ2v) is 6.97. The molecule has 2 bridgehead atoms. The van der Waals surface area contributed by atoms with E-state index in [1.165, 1.54) is 0 Å². The van der Waals surface area contributed by atoms with E-state index in [-0.39, 0.29) is 11.5 Å². The topological polar surface area (TPSA) is 54.3 Å². The number of nitrogens with one attached hydrogen (secondary N) is 1. The van der Waals surface area contributed by atoms with Gasteiger partial charge in [0.2, 0.25) is 5.91 Å². The Labute approximate surface area is 130 Å². The van der Waals surface area contributed by atoms with Crippen molar-refractivity contribution in [3.8, 4) is 0 Å². The largest absolute Gasteiger partial charge is 0.341 e. The Morgan fingerprint density at radius 2 is 1.95 bits per heavy atom. The first-order valence-corrected chi connectivity index (χ1v) is 8.41. The molecule has 3 aliphatic rings. The lowest BCUT2D eigenvalue weighted by Crippen LogP contribution is -2.51. The van der Waals surface area contributed by atoms with E-state index < -0.39 is 0 Å². The van der Waals surface area contributed by atoms with Crippen LogP contribution in [0.25, 0.3) is 0 Å². The lowest BCUT2D eigenvalue weighted by atomic mass is 9.82. The smallest absolute Gasteiger partial charge is 0.250 e. The zero-order valence-corrected chi connectivity index (χ0v) is 12.8. The molecule has 1 amide bonds. The number of hydrogen-bond donors (Lipinski definition) is 1. The van der Waals surface area contributed by atoms with Crippen LogP contribution < -0.4 is 10.9 Å². The third kappa shape index (κ3) is 2.37. The molecule has 4 heterocycles. The van der Waals surface area contributed by atoms with Crippen molar-refractivity contribution in [1.29, 1.82) is 0 Å². The fourth-order valence-corrected chi connectivity index (χ4v) is 4.40. The Morgan fingerprint density at radius 1 is 1.14 bits per heavy atom. The molecular weight excluding hydrogens is 278 g/mol. The number of hydrogen-bond acceptors (Lipinski definition) is 3. The summed E-state index contributed by atoms with van der Waals surface area (Å²) in [5, 5.41) is 3.32. The molecule has 2 atom stereocenters. The summed E-state index contributed by atoms with van der Waals surface area (Å²) in [6.07, 6.45) is 3.03. The number of pyridine rings is 1. The van der Waals surface area contributed by atoms with Gasteiger partial charge in [-0.3, -0.25) is 9.59 Å². The first kappa shape index (κ1) is 14.0. The van der Waals surface area contributed by atoms with E-state index in [0.29, 0.717) is 17.7 Å². The van der Waals surface area contributed by atoms with Crippen LogP contribution in [0.15, 0.2) is 23.0 Å². The van der Waals surface area contributed by atoms with E-state index in [1.807, 2.05) is 10.6 Å². The van der Waals surface area contributed by atoms with Crippen molar-refractivity contribution in [3.63, 3.8) is 0 Å². The summed E-state index contributed by atoms with van der Waals surface area (Å²) in [5.41, 5.74) is 1.22. The van der Waals surface area contributed by atoms with Crippen LogP contribution in [0, 0.1) is 11.8 Å². The zero-order valence-electron chi connectivity index (χ0n) is 12.8. The van der Waals surface area contributed by atoms with E-state index in [4.69, 9.17) is 0 Å². The minimum absolute atomic E-state index is 0.102. The second-order valence-electron chi connectivity index (χ2n) is 6.97. The molecule has 1 aromatic heterocycles. The molecular formula is C17H23N3O2. The summed E-state index contributed by atoms with van der Waals surface area (Å²) in [6.45, 7) is 4.27. The molecule has 1 N–H and O–H groups in total. The highest BCUT2D eigenvalue weighted by Crippen LogP contribution is 2.35. The summed E-state index contributed by atoms with van der Waals surface area (Å²) in [4.78, 5) is 26.9. The summed E-state index contributed by atoms with van der Waals surface area (Å²) >= 11 is 0. The highest BCUT2D eigenvalue weighted by atomic mass is 16.2. The number of nitrogens with zero attached hydrogens (tertiary/aromatic N) is 2. The minimum Gasteiger partial charge on any atom is -0.341 e. The Hall–Kier alpha value is -1.62. The maximum atomic E-state index is 12.8. The first-order chi connectivity index (χ1) is 10.7. The predicted octanol–water partition coefficient (Wildman–Crippen LogP) is 0.794. The highest BCUT2D eigenvalue weighted by Gasteiger charge is 2.37. The van der Waals surface area contributed by atoms with Crippen molar-refractivity contribution in [2.75, 3.05) is 26.2 Å². The molecule has 1 aromatic rings. The monoisotopic (exact) mass is 301 g/mol. The van der Waals surface area contributed by atoms with E-state index in [2.05, 4.69) is 16.3 Å². The van der Waals surface area contributed by atoms with Gasteiger partial charge in [0.15, 0.2) is 0 Å². The molecule has 118 valence electrons. The Bertz CT molecular complexity index is 633. The third-order valence-corrected chi connectivity index (χ3v) is 5.48. The maximum absolute atomic E-state index is 12.8. The number of rotatable bonds is 1. The lowest BCUT2D eigenvalue weighted by Gasteiger charge is -2.44. The Balaban J connectivity index is 1.55. The van der Waals surface area contributed by atoms with Crippen LogP contribution in [-0.2, 0) is 11.3 Å². The number of carbonyl (C=O) groups excluding carboxylic acids is 1. The fourth-order valence-electron chi connectivity index (χ4n) is 4.40. The molecule has 2 saturated heterocycles. The van der Waals surface area contributed by atoms with Crippen LogP contribution >= 0.6 is 0 Å². The lowest BCUT2D eigenvalue weighted by molar-refractivity contribution is -0.139. The standard InChI is InChI=1S/C17H23N3O2/c21-16-3-1-2-15-14-8-12(10-20(15)16)9-19(11-14)17(22)13-4-6-18-7-5-13/h1-3,12-14,18H,4-11H2/t12-,14-/m1/s1. The number of carbonyl (C=O) groups is 1. The summed E-state index contributed by atoms with van der Waals surface area (Å²) < 4.78 is 1.92. The van der Waals surface area contributed by atoms with Crippen LogP contribution in [0.2, 0.25) is 0 Å². The number of amides is 1. The van der Waals surface area contributed by atoms with Crippen molar-refractivity contribution in [2.45, 2.75) is 31.7 Å². The van der Waals surface area contributed by atoms with E-state index in [9.17, 15) is 9.59 Å². The zero-order chi connectivity index (χ0) is 15.1. The minimum atomic E-state index is 0.102. The normalized spacial score (nSPS) is 28.3. The van der Waals surface area contributed by atoms with Gasteiger partial charge in [-0.15, -0.1) is 0 Å². The fraction of sp³-hybridized carbons (Fsp3) is 0.647. The van der Waals surface area contributed by atoms with Crippen LogP contribution in [-0.4, -0.2) is 41.6 Å². The van der Waals surface area contributed by atoms with Gasteiger partial charge in [0.25, 0.3) is 5.56 Å². The van der Waals surface area contributed by atoms with Gasteiger partial charge in [0.1, 0.15) is 0 Å². The Kier molecular flexibility index (Phi) is 3.53. The van der Waals surface area contributed by atoms with Gasteiger partial charge in [-0.1, -0.05) is 6.07 Å². The molecule has 22 heavy (non-hydrogen) atoms. The SMILES string of the molecule is O=C(C1CCNCC1)N1C[C@H]2C[C@H](C1)c1cccc(=O)n1C2. The van der Waals surface area contributed by atoms with Crippen molar-refractivity contribution in [2.24, 2.45) is 11.8 Å². The number of likely N-dealkylation sites (tertiary alicyclic amines) is 1. The van der Waals surface area contributed by atoms with Crippen molar-refractivity contribution >= 4 is 5.91 Å². The number of fused-ring (bicyclic) bond motifs is 4. The molecule has 0 radical (unpaired) electrons. The van der Waals surface area contributed by atoms with Crippen LogP contribution in [0.4, 0.5) is 0 Å². The van der Waals surface area contributed by atoms with Crippen LogP contribution in [0.3, 0.4) is 0 Å². The molecule has 0 spiro atoms. The molecule has 0 aliphatic carbocycles. The molecule has 5 nitrogen and oxygen atoms in total. The Morgan fingerprint density at radius 3 is 2.77 bits per heavy atom. The van der Waals surface area contributed by atoms with E-state index in [1.54, 1.807) is 6.07 Å². The molecule has 2 fully saturated rings. The van der Waals surface area contributed by atoms with Gasteiger partial charge in [0, 0.05) is 43.2 Å². The van der Waals surface area contributed by atoms with Crippen LogP contribution in [0.5, 0.6) is 0 Å². The van der Waals surface area contributed by atoms with E-state index >= 15 is 0 Å². The quantitative estimate of drug-likeness (QED) is 0.834. The van der Waals surface area contributed by atoms with Crippen molar-refractivity contribution in [1.82, 2.24) is 14.8 Å². The summed E-state index contributed by atoms with van der Waals surface area (Å²) in [5.74, 6) is 1.28. The molecule has 4 rings (SSSR count). The predicted molar refractivity (Wildman–Crippen MR) is 83.7 cm³/mol.